The lowest BCUT2D eigenvalue weighted by Gasteiger charge is -2.35. The van der Waals surface area contributed by atoms with Crippen molar-refractivity contribution in [3.63, 3.8) is 0 Å². The van der Waals surface area contributed by atoms with Gasteiger partial charge in [0, 0.05) is 30.8 Å². The van der Waals surface area contributed by atoms with Gasteiger partial charge in [-0.25, -0.2) is 0 Å². The molecule has 3 aromatic rings. The van der Waals surface area contributed by atoms with Crippen molar-refractivity contribution < 1.29 is 19.2 Å². The average Bonchev–Trinajstić information content (AvgIpc) is 2.86. The average molecular weight is 445 g/mol. The molecule has 0 bridgehead atoms. The van der Waals surface area contributed by atoms with Crippen molar-refractivity contribution in [2.24, 2.45) is 0 Å². The maximum absolute atomic E-state index is 6.03. The molecule has 0 radical (unpaired) electrons. The fourth-order valence-electron chi connectivity index (χ4n) is 3.90. The highest BCUT2D eigenvalue weighted by Crippen LogP contribution is 2.37. The molecular formula is C29H32O4. The molecule has 0 heterocycles. The Morgan fingerprint density at radius 3 is 1.79 bits per heavy atom. The summed E-state index contributed by atoms with van der Waals surface area (Å²) in [7, 11) is 3.37. The molecule has 0 amide bonds. The van der Waals surface area contributed by atoms with Crippen LogP contribution in [0.4, 0.5) is 0 Å². The molecule has 0 aliphatic heterocycles. The molecule has 0 spiro atoms. The van der Waals surface area contributed by atoms with Crippen LogP contribution in [0.5, 0.6) is 0 Å². The van der Waals surface area contributed by atoms with Gasteiger partial charge in [0.15, 0.2) is 0 Å². The number of benzene rings is 3. The number of hydrogen-bond donors (Lipinski definition) is 0. The van der Waals surface area contributed by atoms with E-state index in [4.69, 9.17) is 19.2 Å². The molecule has 3 rings (SSSR count). The molecule has 3 aromatic carbocycles. The molecule has 1 atom stereocenters. The van der Waals surface area contributed by atoms with Crippen molar-refractivity contribution in [1.29, 1.82) is 0 Å². The third-order valence-corrected chi connectivity index (χ3v) is 5.66. The van der Waals surface area contributed by atoms with Crippen LogP contribution in [0.2, 0.25) is 0 Å². The van der Waals surface area contributed by atoms with Crippen LogP contribution in [-0.2, 0) is 24.7 Å². The summed E-state index contributed by atoms with van der Waals surface area (Å²) in [6, 6.07) is 30.3. The Hall–Kier alpha value is -3.34. The predicted octanol–water partition coefficient (Wildman–Crippen LogP) is 6.66. The monoisotopic (exact) mass is 444 g/mol. The lowest BCUT2D eigenvalue weighted by atomic mass is 9.75. The quantitative estimate of drug-likeness (QED) is 0.143. The van der Waals surface area contributed by atoms with E-state index in [2.05, 4.69) is 26.0 Å². The fraction of sp³-hybridized carbons (Fsp3) is 0.241. The van der Waals surface area contributed by atoms with E-state index in [-0.39, 0.29) is 11.5 Å². The number of hydrogen-bond acceptors (Lipinski definition) is 4. The minimum atomic E-state index is -0.317. The Morgan fingerprint density at radius 2 is 1.24 bits per heavy atom. The Morgan fingerprint density at radius 1 is 0.727 bits per heavy atom. The Kier molecular flexibility index (Phi) is 8.87. The molecule has 33 heavy (non-hydrogen) atoms. The zero-order valence-corrected chi connectivity index (χ0v) is 19.7. The second-order valence-electron chi connectivity index (χ2n) is 8.28. The first kappa shape index (κ1) is 24.3. The number of rotatable bonds is 11. The van der Waals surface area contributed by atoms with Gasteiger partial charge in [0.05, 0.1) is 12.7 Å². The van der Waals surface area contributed by atoms with Crippen molar-refractivity contribution in [2.45, 2.75) is 25.4 Å². The second kappa shape index (κ2) is 12.0. The van der Waals surface area contributed by atoms with Crippen LogP contribution >= 0.6 is 0 Å². The van der Waals surface area contributed by atoms with Gasteiger partial charge in [-0.1, -0.05) is 105 Å². The molecule has 0 aromatic heterocycles. The van der Waals surface area contributed by atoms with Crippen LogP contribution in [0.1, 0.15) is 30.5 Å². The Bertz CT molecular complexity index is 1020. The van der Waals surface area contributed by atoms with E-state index >= 15 is 0 Å². The van der Waals surface area contributed by atoms with Crippen LogP contribution in [0.25, 0.3) is 11.1 Å². The summed E-state index contributed by atoms with van der Waals surface area (Å²) in [4.78, 5) is 11.1. The SMILES string of the molecule is COC/C(=C\OO/C=C(\c1ccccc1)C(OC)C(C)(C)c1ccccc1)c1ccccc1. The molecule has 0 saturated carbocycles. The minimum Gasteiger partial charge on any atom is -0.380 e. The third kappa shape index (κ3) is 6.35. The van der Waals surface area contributed by atoms with E-state index in [9.17, 15) is 0 Å². The van der Waals surface area contributed by atoms with Gasteiger partial charge in [0.25, 0.3) is 0 Å². The van der Waals surface area contributed by atoms with E-state index in [0.29, 0.717) is 6.61 Å². The first-order valence-electron chi connectivity index (χ1n) is 11.0. The van der Waals surface area contributed by atoms with Gasteiger partial charge in [-0.15, -0.1) is 0 Å². The fourth-order valence-corrected chi connectivity index (χ4v) is 3.90. The van der Waals surface area contributed by atoms with Crippen LogP contribution in [0.3, 0.4) is 0 Å². The van der Waals surface area contributed by atoms with E-state index in [1.807, 2.05) is 78.9 Å². The van der Waals surface area contributed by atoms with Crippen LogP contribution in [-0.4, -0.2) is 26.9 Å². The molecule has 172 valence electrons. The molecule has 0 aliphatic carbocycles. The predicted molar refractivity (Wildman–Crippen MR) is 133 cm³/mol. The highest BCUT2D eigenvalue weighted by Gasteiger charge is 2.35. The summed E-state index contributed by atoms with van der Waals surface area (Å²) < 4.78 is 11.3. The van der Waals surface area contributed by atoms with E-state index < -0.39 is 0 Å². The first-order chi connectivity index (χ1) is 16.1. The Balaban J connectivity index is 1.89. The smallest absolute Gasteiger partial charge is 0.149 e. The largest absolute Gasteiger partial charge is 0.380 e. The van der Waals surface area contributed by atoms with Gasteiger partial charge in [-0.2, -0.15) is 0 Å². The molecule has 4 heteroatoms. The van der Waals surface area contributed by atoms with Crippen molar-refractivity contribution in [2.75, 3.05) is 20.8 Å². The first-order valence-corrected chi connectivity index (χ1v) is 11.0. The lowest BCUT2D eigenvalue weighted by Crippen LogP contribution is -2.36. The molecule has 0 aliphatic rings. The van der Waals surface area contributed by atoms with Crippen LogP contribution in [0.15, 0.2) is 104 Å². The molecule has 0 N–H and O–H groups in total. The van der Waals surface area contributed by atoms with Crippen molar-refractivity contribution in [3.05, 3.63) is 120 Å². The molecule has 0 fully saturated rings. The van der Waals surface area contributed by atoms with Crippen LogP contribution in [0, 0.1) is 0 Å². The lowest BCUT2D eigenvalue weighted by molar-refractivity contribution is -0.195. The van der Waals surface area contributed by atoms with Crippen molar-refractivity contribution in [3.8, 4) is 0 Å². The van der Waals surface area contributed by atoms with Crippen LogP contribution < -0.4 is 0 Å². The summed E-state index contributed by atoms with van der Waals surface area (Å²) in [5, 5.41) is 0. The number of methoxy groups -OCH3 is 2. The zero-order valence-electron chi connectivity index (χ0n) is 19.7. The second-order valence-corrected chi connectivity index (χ2v) is 8.28. The molecule has 4 nitrogen and oxygen atoms in total. The van der Waals surface area contributed by atoms with Gasteiger partial charge in [0.2, 0.25) is 0 Å². The molecule has 0 saturated heterocycles. The minimum absolute atomic E-state index is 0.276. The van der Waals surface area contributed by atoms with E-state index in [1.54, 1.807) is 26.7 Å². The van der Waals surface area contributed by atoms with Gasteiger partial charge < -0.3 is 9.47 Å². The van der Waals surface area contributed by atoms with Gasteiger partial charge >= 0.3 is 0 Å². The summed E-state index contributed by atoms with van der Waals surface area (Å²) in [6.45, 7) is 4.74. The summed E-state index contributed by atoms with van der Waals surface area (Å²) in [5.74, 6) is 0. The zero-order chi connectivity index (χ0) is 23.5. The summed E-state index contributed by atoms with van der Waals surface area (Å²) in [6.07, 6.45) is 2.92. The maximum atomic E-state index is 6.03. The standard InChI is InChI=1S/C29H32O4/c1-29(2,26-18-12-7-13-19-26)28(31-4)27(24-16-10-6-11-17-24)22-33-32-21-25(20-30-3)23-14-8-5-9-15-23/h5-19,21-22,28H,20H2,1-4H3/b25-21+,27-22+. The summed E-state index contributed by atoms with van der Waals surface area (Å²) in [5.41, 5.74) is 4.62. The third-order valence-electron chi connectivity index (χ3n) is 5.66. The molecule has 1 unspecified atom stereocenters. The topological polar surface area (TPSA) is 36.9 Å². The van der Waals surface area contributed by atoms with Gasteiger partial charge in [-0.3, -0.25) is 9.78 Å². The normalized spacial score (nSPS) is 13.5. The van der Waals surface area contributed by atoms with Gasteiger partial charge in [-0.05, 0) is 16.7 Å². The van der Waals surface area contributed by atoms with Gasteiger partial charge in [0.1, 0.15) is 12.5 Å². The highest BCUT2D eigenvalue weighted by molar-refractivity contribution is 5.70. The summed E-state index contributed by atoms with van der Waals surface area (Å²) >= 11 is 0. The van der Waals surface area contributed by atoms with Crippen molar-refractivity contribution >= 4 is 11.1 Å². The number of ether oxygens (including phenoxy) is 2. The maximum Gasteiger partial charge on any atom is 0.149 e. The molecular weight excluding hydrogens is 412 g/mol. The van der Waals surface area contributed by atoms with E-state index in [1.165, 1.54) is 5.56 Å². The Labute approximate surface area is 197 Å². The van der Waals surface area contributed by atoms with Crippen molar-refractivity contribution in [1.82, 2.24) is 0 Å². The van der Waals surface area contributed by atoms with E-state index in [0.717, 1.165) is 22.3 Å². The highest BCUT2D eigenvalue weighted by atomic mass is 17.2.